The van der Waals surface area contributed by atoms with Gasteiger partial charge in [-0.05, 0) is 36.9 Å². The van der Waals surface area contributed by atoms with Crippen molar-refractivity contribution in [3.8, 4) is 17.0 Å². The lowest BCUT2D eigenvalue weighted by molar-refractivity contribution is -0.137. The highest BCUT2D eigenvalue weighted by Gasteiger charge is 2.37. The van der Waals surface area contributed by atoms with Crippen LogP contribution in [0.2, 0.25) is 5.02 Å². The third kappa shape index (κ3) is 3.84. The van der Waals surface area contributed by atoms with Gasteiger partial charge in [0.25, 0.3) is 0 Å². The van der Waals surface area contributed by atoms with Crippen LogP contribution in [-0.4, -0.2) is 28.8 Å². The minimum absolute atomic E-state index is 0.0497. The number of ether oxygens (including phenoxy) is 1. The number of methoxy groups -OCH3 is 1. The van der Waals surface area contributed by atoms with Gasteiger partial charge in [0.1, 0.15) is 5.75 Å². The molecule has 8 heteroatoms. The normalized spacial score (nSPS) is 14.3. The average molecular weight is 422 g/mol. The van der Waals surface area contributed by atoms with Crippen LogP contribution in [0, 0.1) is 0 Å². The molecule has 0 amide bonds. The van der Waals surface area contributed by atoms with Crippen molar-refractivity contribution in [2.45, 2.75) is 25.8 Å². The molecule has 2 heterocycles. The average Bonchev–Trinajstić information content (AvgIpc) is 3.16. The van der Waals surface area contributed by atoms with Gasteiger partial charge in [0.15, 0.2) is 0 Å². The second-order valence-electron chi connectivity index (χ2n) is 7.14. The van der Waals surface area contributed by atoms with Crippen LogP contribution in [0.5, 0.6) is 5.75 Å². The fourth-order valence-electron chi connectivity index (χ4n) is 3.74. The highest BCUT2D eigenvalue weighted by Crippen LogP contribution is 2.42. The fourth-order valence-corrected chi connectivity index (χ4v) is 3.91. The molecule has 0 atom stereocenters. The molecule has 0 spiro atoms. The van der Waals surface area contributed by atoms with Gasteiger partial charge in [-0.15, -0.1) is 0 Å². The van der Waals surface area contributed by atoms with Gasteiger partial charge < -0.3 is 4.74 Å². The van der Waals surface area contributed by atoms with Crippen molar-refractivity contribution in [1.29, 1.82) is 0 Å². The van der Waals surface area contributed by atoms with Gasteiger partial charge in [-0.25, -0.2) is 0 Å². The summed E-state index contributed by atoms with van der Waals surface area (Å²) < 4.78 is 48.3. The molecule has 0 unspecified atom stereocenters. The molecule has 0 saturated heterocycles. The molecular weight excluding hydrogens is 403 g/mol. The molecule has 3 aromatic rings. The maximum atomic E-state index is 13.8. The minimum atomic E-state index is -4.53. The van der Waals surface area contributed by atoms with Crippen LogP contribution in [0.1, 0.15) is 22.4 Å². The summed E-state index contributed by atoms with van der Waals surface area (Å²) in [7, 11) is 3.50. The lowest BCUT2D eigenvalue weighted by atomic mass is 10.00. The molecule has 1 aromatic heterocycles. The van der Waals surface area contributed by atoms with Crippen LogP contribution >= 0.6 is 11.6 Å². The smallest absolute Gasteiger partial charge is 0.417 e. The second-order valence-corrected chi connectivity index (χ2v) is 7.58. The van der Waals surface area contributed by atoms with Gasteiger partial charge in [0, 0.05) is 29.2 Å². The SMILES string of the molecule is COc1cccc(Cn2nc3c(c2-c2ccc(Cl)cc2C(F)(F)F)CN(C)C3)c1. The highest BCUT2D eigenvalue weighted by atomic mass is 35.5. The Labute approximate surface area is 171 Å². The number of nitrogens with zero attached hydrogens (tertiary/aromatic N) is 3. The lowest BCUT2D eigenvalue weighted by Gasteiger charge is -2.17. The number of rotatable bonds is 4. The Hall–Kier alpha value is -2.51. The van der Waals surface area contributed by atoms with E-state index in [-0.39, 0.29) is 10.6 Å². The summed E-state index contributed by atoms with van der Waals surface area (Å²) in [5.41, 5.74) is 2.33. The monoisotopic (exact) mass is 421 g/mol. The summed E-state index contributed by atoms with van der Waals surface area (Å²) in [6.07, 6.45) is -4.53. The first kappa shape index (κ1) is 19.8. The Morgan fingerprint density at radius 2 is 1.93 bits per heavy atom. The molecule has 0 saturated carbocycles. The van der Waals surface area contributed by atoms with Crippen molar-refractivity contribution >= 4 is 11.6 Å². The predicted octanol–water partition coefficient (Wildman–Crippen LogP) is 5.22. The summed E-state index contributed by atoms with van der Waals surface area (Å²) in [5, 5.41) is 4.70. The first-order valence-corrected chi connectivity index (χ1v) is 9.41. The Balaban J connectivity index is 1.87. The molecule has 4 nitrogen and oxygen atoms in total. The van der Waals surface area contributed by atoms with Gasteiger partial charge in [-0.2, -0.15) is 18.3 Å². The van der Waals surface area contributed by atoms with Crippen LogP contribution in [0.15, 0.2) is 42.5 Å². The fraction of sp³-hybridized carbons (Fsp3) is 0.286. The topological polar surface area (TPSA) is 30.3 Å². The summed E-state index contributed by atoms with van der Waals surface area (Å²) in [4.78, 5) is 2.03. The maximum absolute atomic E-state index is 13.8. The third-order valence-corrected chi connectivity index (χ3v) is 5.23. The minimum Gasteiger partial charge on any atom is -0.497 e. The number of alkyl halides is 3. The summed E-state index contributed by atoms with van der Waals surface area (Å²) in [5.74, 6) is 0.686. The maximum Gasteiger partial charge on any atom is 0.417 e. The van der Waals surface area contributed by atoms with E-state index >= 15 is 0 Å². The molecule has 1 aliphatic rings. The van der Waals surface area contributed by atoms with Crippen LogP contribution in [0.25, 0.3) is 11.3 Å². The zero-order valence-electron chi connectivity index (χ0n) is 15.9. The zero-order valence-corrected chi connectivity index (χ0v) is 16.7. The Morgan fingerprint density at radius 1 is 1.14 bits per heavy atom. The van der Waals surface area contributed by atoms with E-state index in [0.29, 0.717) is 31.1 Å². The summed E-state index contributed by atoms with van der Waals surface area (Å²) in [6, 6.07) is 11.3. The number of fused-ring (bicyclic) bond motifs is 1. The molecule has 0 fully saturated rings. The Bertz CT molecular complexity index is 1060. The Morgan fingerprint density at radius 3 is 2.66 bits per heavy atom. The molecule has 2 aromatic carbocycles. The van der Waals surface area contributed by atoms with E-state index in [1.54, 1.807) is 11.8 Å². The van der Waals surface area contributed by atoms with Crippen LogP contribution in [0.3, 0.4) is 0 Å². The van der Waals surface area contributed by atoms with Gasteiger partial charge in [-0.1, -0.05) is 29.8 Å². The highest BCUT2D eigenvalue weighted by molar-refractivity contribution is 6.30. The van der Waals surface area contributed by atoms with Crippen molar-refractivity contribution in [2.75, 3.05) is 14.2 Å². The van der Waals surface area contributed by atoms with Crippen molar-refractivity contribution in [1.82, 2.24) is 14.7 Å². The van der Waals surface area contributed by atoms with Crippen molar-refractivity contribution < 1.29 is 17.9 Å². The van der Waals surface area contributed by atoms with Crippen molar-refractivity contribution in [3.05, 3.63) is 69.9 Å². The van der Waals surface area contributed by atoms with Gasteiger partial charge in [-0.3, -0.25) is 9.58 Å². The van der Waals surface area contributed by atoms with Crippen LogP contribution < -0.4 is 4.74 Å². The van der Waals surface area contributed by atoms with E-state index in [0.717, 1.165) is 22.9 Å². The number of benzene rings is 2. The number of hydrogen-bond donors (Lipinski definition) is 0. The summed E-state index contributed by atoms with van der Waals surface area (Å²) >= 11 is 5.88. The zero-order chi connectivity index (χ0) is 20.8. The summed E-state index contributed by atoms with van der Waals surface area (Å²) in [6.45, 7) is 1.48. The van der Waals surface area contributed by atoms with E-state index in [1.807, 2.05) is 36.2 Å². The molecule has 4 rings (SSSR count). The van der Waals surface area contributed by atoms with Crippen molar-refractivity contribution in [2.24, 2.45) is 0 Å². The van der Waals surface area contributed by atoms with E-state index in [1.165, 1.54) is 12.1 Å². The van der Waals surface area contributed by atoms with Gasteiger partial charge in [0.2, 0.25) is 0 Å². The number of hydrogen-bond acceptors (Lipinski definition) is 3. The van der Waals surface area contributed by atoms with E-state index in [4.69, 9.17) is 16.3 Å². The molecule has 1 aliphatic heterocycles. The van der Waals surface area contributed by atoms with E-state index in [9.17, 15) is 13.2 Å². The molecule has 0 radical (unpaired) electrons. The van der Waals surface area contributed by atoms with Gasteiger partial charge >= 0.3 is 6.18 Å². The number of halogens is 4. The largest absolute Gasteiger partial charge is 0.497 e. The van der Waals surface area contributed by atoms with Crippen molar-refractivity contribution in [3.63, 3.8) is 0 Å². The van der Waals surface area contributed by atoms with E-state index in [2.05, 4.69) is 5.10 Å². The second kappa shape index (κ2) is 7.39. The standard InChI is InChI=1S/C21H19ClF3N3O/c1-27-11-17-19(12-27)26-28(10-13-4-3-5-15(8-13)29-2)20(17)16-7-6-14(22)9-18(16)21(23,24)25/h3-9H,10-12H2,1-2H3. The molecule has 0 bridgehead atoms. The molecular formula is C21H19ClF3N3O. The third-order valence-electron chi connectivity index (χ3n) is 4.99. The molecule has 152 valence electrons. The Kier molecular flexibility index (Phi) is 5.04. The predicted molar refractivity (Wildman–Crippen MR) is 105 cm³/mol. The van der Waals surface area contributed by atoms with Gasteiger partial charge in [0.05, 0.1) is 30.6 Å². The molecule has 0 N–H and O–H groups in total. The van der Waals surface area contributed by atoms with Crippen LogP contribution in [-0.2, 0) is 25.8 Å². The number of aromatic nitrogens is 2. The van der Waals surface area contributed by atoms with E-state index < -0.39 is 11.7 Å². The first-order valence-electron chi connectivity index (χ1n) is 9.03. The molecule has 29 heavy (non-hydrogen) atoms. The quantitative estimate of drug-likeness (QED) is 0.578. The molecule has 0 aliphatic carbocycles. The lowest BCUT2D eigenvalue weighted by Crippen LogP contribution is -2.14. The van der Waals surface area contributed by atoms with Crippen LogP contribution in [0.4, 0.5) is 13.2 Å². The first-order chi connectivity index (χ1) is 13.8.